The van der Waals surface area contributed by atoms with Crippen LogP contribution in [0.2, 0.25) is 0 Å². The second-order valence-corrected chi connectivity index (χ2v) is 9.04. The van der Waals surface area contributed by atoms with Gasteiger partial charge < -0.3 is 19.7 Å². The fourth-order valence-electron chi connectivity index (χ4n) is 3.52. The number of halogens is 1. The fourth-order valence-corrected chi connectivity index (χ4v) is 4.13. The molecule has 3 aromatic rings. The Morgan fingerprint density at radius 2 is 1.74 bits per heavy atom. The molecule has 34 heavy (non-hydrogen) atoms. The highest BCUT2D eigenvalue weighted by atomic mass is 79.9. The van der Waals surface area contributed by atoms with Crippen molar-refractivity contribution in [2.45, 2.75) is 45.8 Å². The molecule has 0 bridgehead atoms. The van der Waals surface area contributed by atoms with Crippen molar-refractivity contribution in [3.05, 3.63) is 70.7 Å². The summed E-state index contributed by atoms with van der Waals surface area (Å²) in [5.74, 6) is 0.840. The predicted octanol–water partition coefficient (Wildman–Crippen LogP) is 5.32. The van der Waals surface area contributed by atoms with Gasteiger partial charge in [0.05, 0.1) is 11.6 Å². The van der Waals surface area contributed by atoms with Gasteiger partial charge >= 0.3 is 0 Å². The van der Waals surface area contributed by atoms with E-state index in [1.54, 1.807) is 18.9 Å². The summed E-state index contributed by atoms with van der Waals surface area (Å²) in [6, 6.07) is 18.6. The van der Waals surface area contributed by atoms with Crippen LogP contribution in [-0.4, -0.2) is 42.5 Å². The van der Waals surface area contributed by atoms with E-state index < -0.39 is 6.04 Å². The molecule has 0 fully saturated rings. The SMILES string of the molecule is CC[C@H](C)NC(=O)[C@H](C)N(Cc1ccc(OC)cc1)C(=O)COc1ccc2ccccc2c1Br. The first-order valence-electron chi connectivity index (χ1n) is 11.4. The van der Waals surface area contributed by atoms with E-state index in [9.17, 15) is 9.59 Å². The van der Waals surface area contributed by atoms with Crippen LogP contribution in [0, 0.1) is 0 Å². The molecule has 0 aliphatic carbocycles. The number of methoxy groups -OCH3 is 1. The largest absolute Gasteiger partial charge is 0.497 e. The van der Waals surface area contributed by atoms with Gasteiger partial charge in [-0.3, -0.25) is 9.59 Å². The molecule has 0 unspecified atom stereocenters. The number of nitrogens with zero attached hydrogens (tertiary/aromatic N) is 1. The zero-order valence-corrected chi connectivity index (χ0v) is 21.6. The summed E-state index contributed by atoms with van der Waals surface area (Å²) in [4.78, 5) is 27.7. The maximum Gasteiger partial charge on any atom is 0.261 e. The van der Waals surface area contributed by atoms with Gasteiger partial charge in [0.25, 0.3) is 5.91 Å². The smallest absolute Gasteiger partial charge is 0.261 e. The van der Waals surface area contributed by atoms with Gasteiger partial charge in [0.1, 0.15) is 17.5 Å². The lowest BCUT2D eigenvalue weighted by atomic mass is 10.1. The Hall–Kier alpha value is -3.06. The third-order valence-corrected chi connectivity index (χ3v) is 6.68. The first-order valence-corrected chi connectivity index (χ1v) is 12.2. The number of benzene rings is 3. The third-order valence-electron chi connectivity index (χ3n) is 5.86. The number of carbonyl (C=O) groups excluding carboxylic acids is 2. The Kier molecular flexibility index (Phi) is 8.93. The van der Waals surface area contributed by atoms with Crippen LogP contribution in [0.15, 0.2) is 65.1 Å². The maximum atomic E-state index is 13.3. The molecule has 0 saturated heterocycles. The number of nitrogens with one attached hydrogen (secondary N) is 1. The van der Waals surface area contributed by atoms with Crippen LogP contribution in [0.25, 0.3) is 10.8 Å². The number of rotatable bonds is 10. The molecule has 0 spiro atoms. The lowest BCUT2D eigenvalue weighted by molar-refractivity contribution is -0.142. The van der Waals surface area contributed by atoms with Crippen LogP contribution in [-0.2, 0) is 16.1 Å². The number of hydrogen-bond acceptors (Lipinski definition) is 4. The highest BCUT2D eigenvalue weighted by Gasteiger charge is 2.27. The normalized spacial score (nSPS) is 12.6. The number of ether oxygens (including phenoxy) is 2. The van der Waals surface area contributed by atoms with E-state index >= 15 is 0 Å². The van der Waals surface area contributed by atoms with Crippen molar-refractivity contribution in [2.24, 2.45) is 0 Å². The first-order chi connectivity index (χ1) is 16.3. The van der Waals surface area contributed by atoms with E-state index in [1.807, 2.05) is 74.5 Å². The van der Waals surface area contributed by atoms with E-state index in [-0.39, 0.29) is 31.0 Å². The van der Waals surface area contributed by atoms with Crippen LogP contribution in [0.4, 0.5) is 0 Å². The molecule has 3 aromatic carbocycles. The molecule has 0 radical (unpaired) electrons. The molecule has 2 atom stereocenters. The average Bonchev–Trinajstić information content (AvgIpc) is 2.86. The number of hydrogen-bond donors (Lipinski definition) is 1. The maximum absolute atomic E-state index is 13.3. The lowest BCUT2D eigenvalue weighted by Gasteiger charge is -2.29. The number of carbonyl (C=O) groups is 2. The third kappa shape index (κ3) is 6.29. The van der Waals surface area contributed by atoms with Crippen LogP contribution in [0.1, 0.15) is 32.8 Å². The van der Waals surface area contributed by atoms with Crippen LogP contribution >= 0.6 is 15.9 Å². The number of amides is 2. The van der Waals surface area contributed by atoms with Crippen molar-refractivity contribution in [2.75, 3.05) is 13.7 Å². The number of fused-ring (bicyclic) bond motifs is 1. The Morgan fingerprint density at radius 1 is 1.03 bits per heavy atom. The van der Waals surface area contributed by atoms with E-state index in [1.165, 1.54) is 0 Å². The van der Waals surface area contributed by atoms with Crippen molar-refractivity contribution in [3.8, 4) is 11.5 Å². The molecule has 0 aliphatic rings. The molecule has 180 valence electrons. The van der Waals surface area contributed by atoms with Crippen molar-refractivity contribution < 1.29 is 19.1 Å². The summed E-state index contributed by atoms with van der Waals surface area (Å²) in [6.07, 6.45) is 0.810. The van der Waals surface area contributed by atoms with Crippen LogP contribution in [0.3, 0.4) is 0 Å². The second-order valence-electron chi connectivity index (χ2n) is 8.25. The minimum atomic E-state index is -0.660. The van der Waals surface area contributed by atoms with Crippen LogP contribution < -0.4 is 14.8 Å². The highest BCUT2D eigenvalue weighted by molar-refractivity contribution is 9.10. The molecular weight excluding hydrogens is 496 g/mol. The molecule has 0 saturated carbocycles. The minimum Gasteiger partial charge on any atom is -0.497 e. The minimum absolute atomic E-state index is 0.0256. The van der Waals surface area contributed by atoms with E-state index in [0.717, 1.165) is 33.0 Å². The summed E-state index contributed by atoms with van der Waals surface area (Å²) < 4.78 is 11.9. The average molecular weight is 527 g/mol. The van der Waals surface area contributed by atoms with Gasteiger partial charge in [0.2, 0.25) is 5.91 Å². The van der Waals surface area contributed by atoms with Gasteiger partial charge in [-0.15, -0.1) is 0 Å². The Bertz CT molecular complexity index is 1130. The van der Waals surface area contributed by atoms with Crippen molar-refractivity contribution in [1.29, 1.82) is 0 Å². The monoisotopic (exact) mass is 526 g/mol. The molecule has 1 N–H and O–H groups in total. The van der Waals surface area contributed by atoms with Crippen molar-refractivity contribution in [1.82, 2.24) is 10.2 Å². The van der Waals surface area contributed by atoms with Gasteiger partial charge in [-0.1, -0.05) is 49.4 Å². The van der Waals surface area contributed by atoms with Gasteiger partial charge in [-0.25, -0.2) is 0 Å². The lowest BCUT2D eigenvalue weighted by Crippen LogP contribution is -2.50. The summed E-state index contributed by atoms with van der Waals surface area (Å²) in [5.41, 5.74) is 0.893. The second kappa shape index (κ2) is 11.9. The summed E-state index contributed by atoms with van der Waals surface area (Å²) >= 11 is 3.60. The Balaban J connectivity index is 1.78. The van der Waals surface area contributed by atoms with E-state index in [0.29, 0.717) is 5.75 Å². The van der Waals surface area contributed by atoms with Gasteiger partial charge in [0.15, 0.2) is 6.61 Å². The highest BCUT2D eigenvalue weighted by Crippen LogP contribution is 2.33. The molecule has 0 heterocycles. The zero-order valence-electron chi connectivity index (χ0n) is 20.0. The predicted molar refractivity (Wildman–Crippen MR) is 138 cm³/mol. The molecule has 0 aromatic heterocycles. The topological polar surface area (TPSA) is 67.9 Å². The van der Waals surface area contributed by atoms with Gasteiger partial charge in [-0.2, -0.15) is 0 Å². The standard InChI is InChI=1S/C27H31BrN2O4/c1-5-18(2)29-27(32)19(3)30(16-20-10-13-22(33-4)14-11-20)25(31)17-34-24-15-12-21-8-6-7-9-23(21)26(24)28/h6-15,18-19H,5,16-17H2,1-4H3,(H,29,32)/t18-,19-/m0/s1. The van der Waals surface area contributed by atoms with Crippen LogP contribution in [0.5, 0.6) is 11.5 Å². The molecule has 2 amide bonds. The van der Waals surface area contributed by atoms with Gasteiger partial charge in [0, 0.05) is 12.6 Å². The summed E-state index contributed by atoms with van der Waals surface area (Å²) in [6.45, 7) is 5.78. The summed E-state index contributed by atoms with van der Waals surface area (Å²) in [5, 5.41) is 5.05. The quantitative estimate of drug-likeness (QED) is 0.388. The Morgan fingerprint density at radius 3 is 2.41 bits per heavy atom. The first kappa shape index (κ1) is 25.6. The molecule has 7 heteroatoms. The van der Waals surface area contributed by atoms with E-state index in [2.05, 4.69) is 21.2 Å². The molecular formula is C27H31BrN2O4. The Labute approximate surface area is 209 Å². The van der Waals surface area contributed by atoms with Crippen molar-refractivity contribution >= 4 is 38.5 Å². The van der Waals surface area contributed by atoms with Gasteiger partial charge in [-0.05, 0) is 70.7 Å². The van der Waals surface area contributed by atoms with E-state index in [4.69, 9.17) is 9.47 Å². The fraction of sp³-hybridized carbons (Fsp3) is 0.333. The zero-order chi connectivity index (χ0) is 24.7. The molecule has 6 nitrogen and oxygen atoms in total. The van der Waals surface area contributed by atoms with Crippen molar-refractivity contribution in [3.63, 3.8) is 0 Å². The molecule has 3 rings (SSSR count). The molecule has 0 aliphatic heterocycles. The summed E-state index contributed by atoms with van der Waals surface area (Å²) in [7, 11) is 1.61.